The van der Waals surface area contributed by atoms with Crippen LogP contribution in [0.2, 0.25) is 0 Å². The molecule has 0 saturated heterocycles. The fourth-order valence-corrected chi connectivity index (χ4v) is 0.684. The fourth-order valence-electron chi connectivity index (χ4n) is 0.684. The van der Waals surface area contributed by atoms with Crippen LogP contribution in [0.4, 0.5) is 0 Å². The number of rotatable bonds is 6. The van der Waals surface area contributed by atoms with Gasteiger partial charge in [-0.05, 0) is 6.92 Å². The van der Waals surface area contributed by atoms with E-state index >= 15 is 0 Å². The number of hydrogen-bond donors (Lipinski definition) is 2. The van der Waals surface area contributed by atoms with Crippen molar-refractivity contribution in [2.24, 2.45) is 0 Å². The third-order valence-electron chi connectivity index (χ3n) is 1.59. The minimum absolute atomic E-state index is 0. The van der Waals surface area contributed by atoms with Crippen LogP contribution in [-0.4, -0.2) is 45.8 Å². The van der Waals surface area contributed by atoms with Gasteiger partial charge >= 0.3 is 77.9 Å². The molecule has 25 heavy (non-hydrogen) atoms. The van der Waals surface area contributed by atoms with Crippen LogP contribution < -0.4 is 32.8 Å². The molecular formula is C9H10ClO11Zn4+. The van der Waals surface area contributed by atoms with Gasteiger partial charge in [-0.3, -0.25) is 0 Å². The molecule has 0 bridgehead atoms. The molecule has 11 nitrogen and oxygen atoms in total. The molecule has 0 aliphatic rings. The SMILES string of the molecule is CC(O)C(=O)[O-].O=C([O-])CC(O)(CC(=O)[O-])C(=O)[O-].[Cl-].[O-2].[Zn+2].[Zn+2].[Zn+2].[Zn+2]. The van der Waals surface area contributed by atoms with E-state index in [-0.39, 0.29) is 95.8 Å². The summed E-state index contributed by atoms with van der Waals surface area (Å²) in [6.07, 6.45) is -4.06. The zero-order valence-electron chi connectivity index (χ0n) is 13.3. The summed E-state index contributed by atoms with van der Waals surface area (Å²) in [5.74, 6) is -7.42. The molecule has 0 rings (SSSR count). The molecule has 0 aromatic rings. The number of carboxylic acids is 4. The van der Waals surface area contributed by atoms with Crippen molar-refractivity contribution in [1.82, 2.24) is 0 Å². The van der Waals surface area contributed by atoms with Crippen LogP contribution in [0.25, 0.3) is 0 Å². The summed E-state index contributed by atoms with van der Waals surface area (Å²) >= 11 is 0. The minimum Gasteiger partial charge on any atom is -2.00 e. The van der Waals surface area contributed by atoms with Crippen molar-refractivity contribution in [3.05, 3.63) is 0 Å². The van der Waals surface area contributed by atoms with Crippen molar-refractivity contribution in [3.63, 3.8) is 0 Å². The maximum atomic E-state index is 10.1. The van der Waals surface area contributed by atoms with Crippen LogP contribution in [0.1, 0.15) is 19.8 Å². The van der Waals surface area contributed by atoms with Crippen LogP contribution in [0.15, 0.2) is 0 Å². The van der Waals surface area contributed by atoms with Crippen molar-refractivity contribution in [1.29, 1.82) is 0 Å². The zero-order valence-corrected chi connectivity index (χ0v) is 25.9. The van der Waals surface area contributed by atoms with Crippen molar-refractivity contribution >= 4 is 23.9 Å². The average Bonchev–Trinajstić information content (AvgIpc) is 2.14. The van der Waals surface area contributed by atoms with E-state index in [4.69, 9.17) is 10.2 Å². The van der Waals surface area contributed by atoms with E-state index in [0.717, 1.165) is 6.92 Å². The van der Waals surface area contributed by atoms with Gasteiger partial charge in [0.25, 0.3) is 0 Å². The fraction of sp³-hybridized carbons (Fsp3) is 0.556. The summed E-state index contributed by atoms with van der Waals surface area (Å²) in [5, 5.41) is 56.2. The van der Waals surface area contributed by atoms with E-state index < -0.39 is 48.4 Å². The molecule has 0 aromatic carbocycles. The number of aliphatic hydroxyl groups excluding tert-OH is 1. The van der Waals surface area contributed by atoms with Crippen LogP contribution in [0.3, 0.4) is 0 Å². The maximum Gasteiger partial charge on any atom is 2.00 e. The van der Waals surface area contributed by atoms with Gasteiger partial charge in [0, 0.05) is 24.8 Å². The Morgan fingerprint density at radius 3 is 1.16 bits per heavy atom. The number of carbonyl (C=O) groups is 4. The van der Waals surface area contributed by atoms with E-state index in [1.54, 1.807) is 0 Å². The van der Waals surface area contributed by atoms with Gasteiger partial charge in [-0.15, -0.1) is 0 Å². The average molecular weight is 591 g/mol. The first-order chi connectivity index (χ1) is 8.42. The minimum atomic E-state index is -2.97. The molecule has 2 N–H and O–H groups in total. The van der Waals surface area contributed by atoms with Gasteiger partial charge in [0.05, 0.1) is 18.0 Å². The smallest absolute Gasteiger partial charge is 2.00 e. The Balaban J connectivity index is -0.0000000358. The summed E-state index contributed by atoms with van der Waals surface area (Å²) in [6.45, 7) is 1.13. The number of hydrogen-bond acceptors (Lipinski definition) is 10. The Labute approximate surface area is 199 Å². The second-order valence-electron chi connectivity index (χ2n) is 3.41. The van der Waals surface area contributed by atoms with Crippen molar-refractivity contribution < 1.29 is 146 Å². The second-order valence-corrected chi connectivity index (χ2v) is 3.41. The molecule has 0 amide bonds. The largest absolute Gasteiger partial charge is 2.00 e. The molecule has 0 aliphatic carbocycles. The predicted octanol–water partition coefficient (Wildman–Crippen LogP) is -10.3. The Morgan fingerprint density at radius 1 is 0.880 bits per heavy atom. The van der Waals surface area contributed by atoms with Gasteiger partial charge < -0.3 is 67.7 Å². The van der Waals surface area contributed by atoms with Crippen molar-refractivity contribution in [2.75, 3.05) is 0 Å². The van der Waals surface area contributed by atoms with E-state index in [2.05, 4.69) is 0 Å². The van der Waals surface area contributed by atoms with E-state index in [1.807, 2.05) is 0 Å². The Kier molecular flexibility index (Phi) is 49.1. The first-order valence-corrected chi connectivity index (χ1v) is 4.65. The van der Waals surface area contributed by atoms with E-state index in [1.165, 1.54) is 0 Å². The molecule has 1 atom stereocenters. The molecule has 0 aromatic heterocycles. The molecule has 1 unspecified atom stereocenters. The van der Waals surface area contributed by atoms with Crippen LogP contribution in [0.5, 0.6) is 0 Å². The monoisotopic (exact) mass is 585 g/mol. The van der Waals surface area contributed by atoms with Crippen LogP contribution in [0, 0.1) is 0 Å². The first-order valence-electron chi connectivity index (χ1n) is 4.65. The maximum absolute atomic E-state index is 10.1. The van der Waals surface area contributed by atoms with Crippen LogP contribution >= 0.6 is 0 Å². The second kappa shape index (κ2) is 24.5. The summed E-state index contributed by atoms with van der Waals surface area (Å²) in [7, 11) is 0. The van der Waals surface area contributed by atoms with E-state index in [0.29, 0.717) is 0 Å². The number of carboxylic acid groups (broad SMARTS) is 4. The summed E-state index contributed by atoms with van der Waals surface area (Å²) in [6, 6.07) is 0. The third kappa shape index (κ3) is 29.6. The van der Waals surface area contributed by atoms with Gasteiger partial charge in [-0.25, -0.2) is 0 Å². The molecule has 0 saturated carbocycles. The number of carbonyl (C=O) groups excluding carboxylic acids is 4. The zero-order chi connectivity index (χ0) is 15.8. The van der Waals surface area contributed by atoms with Crippen molar-refractivity contribution in [3.8, 4) is 0 Å². The molecule has 0 fully saturated rings. The third-order valence-corrected chi connectivity index (χ3v) is 1.59. The standard InChI is InChI=1S/C6H8O7.C3H6O3.ClH.O.4Zn/c7-3(8)1-6(13,5(11)12)2-4(9)10;1-2(4)3(5)6;;;;;;/h13H,1-2H2,(H,7,8)(H,9,10)(H,11,12);2,4H,1H3,(H,5,6);1H;;;;;/q;;;-2;4*+2/p-5. The Morgan fingerprint density at radius 2 is 1.08 bits per heavy atom. The summed E-state index contributed by atoms with van der Waals surface area (Å²) in [5.41, 5.74) is -2.97. The first kappa shape index (κ1) is 50.0. The van der Waals surface area contributed by atoms with Crippen molar-refractivity contribution in [2.45, 2.75) is 31.5 Å². The molecule has 0 aliphatic heterocycles. The quantitative estimate of drug-likeness (QED) is 0.277. The topological polar surface area (TPSA) is 229 Å². The molecule has 0 spiro atoms. The molecule has 0 radical (unpaired) electrons. The van der Waals surface area contributed by atoms with Gasteiger partial charge in [0.1, 0.15) is 5.60 Å². The Hall–Kier alpha value is 0.544. The predicted molar refractivity (Wildman–Crippen MR) is 46.6 cm³/mol. The van der Waals surface area contributed by atoms with Crippen LogP contribution in [-0.2, 0) is 103 Å². The molecular weight excluding hydrogens is 581 g/mol. The summed E-state index contributed by atoms with van der Waals surface area (Å²) in [4.78, 5) is 39.3. The van der Waals surface area contributed by atoms with Gasteiger partial charge in [-0.1, -0.05) is 0 Å². The number of halogens is 1. The van der Waals surface area contributed by atoms with Gasteiger partial charge in [0.15, 0.2) is 0 Å². The normalized spacial score (nSPS) is 8.92. The van der Waals surface area contributed by atoms with Gasteiger partial charge in [-0.2, -0.15) is 0 Å². The molecule has 126 valence electrons. The molecule has 0 heterocycles. The number of aliphatic carboxylic acids is 4. The number of aliphatic hydroxyl groups is 2. The molecule has 16 heteroatoms. The van der Waals surface area contributed by atoms with E-state index in [9.17, 15) is 39.6 Å². The summed E-state index contributed by atoms with van der Waals surface area (Å²) < 4.78 is 0. The van der Waals surface area contributed by atoms with Gasteiger partial charge in [0.2, 0.25) is 0 Å². The Bertz CT molecular complexity index is 365.